The Kier molecular flexibility index (Phi) is 7.65. The van der Waals surface area contributed by atoms with Gasteiger partial charge in [-0.1, -0.05) is 6.73 Å². The summed E-state index contributed by atoms with van der Waals surface area (Å²) >= 11 is 0.806. The molecule has 9 heteroatoms. The first-order chi connectivity index (χ1) is 6.69. The molecule has 0 spiro atoms. The van der Waals surface area contributed by atoms with Crippen LogP contribution in [0.25, 0.3) is 0 Å². The average Bonchev–Trinajstić information content (AvgIpc) is 2.18. The molecule has 0 bridgehead atoms. The van der Waals surface area contributed by atoms with Crippen LogP contribution in [0.5, 0.6) is 0 Å². The number of pyridine rings is 1. The van der Waals surface area contributed by atoms with Gasteiger partial charge in [0.05, 0.1) is 0 Å². The van der Waals surface area contributed by atoms with Gasteiger partial charge < -0.3 is 20.5 Å². The Hall–Kier alpha value is 0.256. The fourth-order valence-corrected chi connectivity index (χ4v) is 1.14. The average molecular weight is 254 g/mol. The van der Waals surface area contributed by atoms with Crippen LogP contribution in [0.15, 0.2) is 17.2 Å². The van der Waals surface area contributed by atoms with Crippen LogP contribution in [0.3, 0.4) is 0 Å². The molecule has 0 amide bonds. The number of rotatable bonds is 4. The van der Waals surface area contributed by atoms with Gasteiger partial charge in [-0.3, -0.25) is 5.14 Å². The Bertz CT molecular complexity index is 351. The zero-order valence-corrected chi connectivity index (χ0v) is 11.9. The molecule has 0 aromatic carbocycles. The molecule has 15 heavy (non-hydrogen) atoms. The molecule has 1 aromatic rings. The molecule has 3 N–H and O–H groups in total. The van der Waals surface area contributed by atoms with E-state index in [1.54, 1.807) is 0 Å². The monoisotopic (exact) mass is 254 g/mol. The van der Waals surface area contributed by atoms with Gasteiger partial charge >= 0.3 is 57.2 Å². The molecule has 0 fully saturated rings. The third kappa shape index (κ3) is 4.32. The SMILES string of the molecule is NSc1ccc(NC[O-])c([N+](=O)[O-])n1.[K+]. The zero-order chi connectivity index (χ0) is 10.6. The first-order valence-corrected chi connectivity index (χ1v) is 4.41. The molecule has 0 aliphatic rings. The summed E-state index contributed by atoms with van der Waals surface area (Å²) in [5.41, 5.74) is 0.0998. The second-order valence-corrected chi connectivity index (χ2v) is 2.87. The summed E-state index contributed by atoms with van der Waals surface area (Å²) in [6.45, 7) is -0.641. The van der Waals surface area contributed by atoms with E-state index in [4.69, 9.17) is 5.14 Å². The maximum Gasteiger partial charge on any atom is 1.00 e. The maximum absolute atomic E-state index is 10.5. The van der Waals surface area contributed by atoms with E-state index in [2.05, 4.69) is 10.3 Å². The summed E-state index contributed by atoms with van der Waals surface area (Å²) in [5, 5.41) is 28.6. The third-order valence-corrected chi connectivity index (χ3v) is 1.87. The normalized spacial score (nSPS) is 9.20. The summed E-state index contributed by atoms with van der Waals surface area (Å²) in [5.74, 6) is -0.392. The predicted octanol–water partition coefficient (Wildman–Crippen LogP) is -3.31. The van der Waals surface area contributed by atoms with E-state index in [-0.39, 0.29) is 57.1 Å². The minimum absolute atomic E-state index is 0. The molecule has 0 saturated carbocycles. The quantitative estimate of drug-likeness (QED) is 0.190. The van der Waals surface area contributed by atoms with Gasteiger partial charge in [0.2, 0.25) is 5.03 Å². The first-order valence-electron chi connectivity index (χ1n) is 3.53. The van der Waals surface area contributed by atoms with Crippen LogP contribution < -0.4 is 66.9 Å². The molecule has 1 rings (SSSR count). The number of nitrogens with one attached hydrogen (secondary N) is 1. The Labute approximate surface area is 133 Å². The standard InChI is InChI=1S/C6H7N4O3S.K/c7-14-5-2-1-4(8-3-11)6(9-5)10(12)13;/h1-2,8H,3,7H2;/q-1;+1. The molecule has 0 radical (unpaired) electrons. The fourth-order valence-electron chi connectivity index (χ4n) is 0.852. The number of aromatic nitrogens is 1. The van der Waals surface area contributed by atoms with Crippen molar-refractivity contribution in [2.45, 2.75) is 5.03 Å². The van der Waals surface area contributed by atoms with E-state index in [1.807, 2.05) is 0 Å². The van der Waals surface area contributed by atoms with Crippen LogP contribution in [0.2, 0.25) is 0 Å². The van der Waals surface area contributed by atoms with Gasteiger partial charge in [-0.05, 0) is 22.0 Å². The predicted molar refractivity (Wildman–Crippen MR) is 49.4 cm³/mol. The van der Waals surface area contributed by atoms with Gasteiger partial charge in [-0.15, -0.1) is 0 Å². The number of nitrogens with zero attached hydrogens (tertiary/aromatic N) is 2. The number of hydrogen-bond donors (Lipinski definition) is 2. The number of nitrogens with two attached hydrogens (primary N) is 1. The first kappa shape index (κ1) is 15.3. The van der Waals surface area contributed by atoms with Crippen LogP contribution in [-0.2, 0) is 0 Å². The minimum Gasteiger partial charge on any atom is -0.839 e. The van der Waals surface area contributed by atoms with E-state index in [0.29, 0.717) is 5.03 Å². The summed E-state index contributed by atoms with van der Waals surface area (Å²) in [4.78, 5) is 13.5. The number of nitro groups is 1. The van der Waals surface area contributed by atoms with Crippen molar-refractivity contribution >= 4 is 23.5 Å². The fraction of sp³-hybridized carbons (Fsp3) is 0.167. The number of anilines is 1. The smallest absolute Gasteiger partial charge is 0.839 e. The van der Waals surface area contributed by atoms with Gasteiger partial charge in [0.15, 0.2) is 0 Å². The van der Waals surface area contributed by atoms with Crippen molar-refractivity contribution in [3.63, 3.8) is 0 Å². The van der Waals surface area contributed by atoms with E-state index in [9.17, 15) is 15.2 Å². The topological polar surface area (TPSA) is 117 Å². The minimum atomic E-state index is -0.669. The van der Waals surface area contributed by atoms with Crippen LogP contribution in [-0.4, -0.2) is 16.6 Å². The maximum atomic E-state index is 10.5. The second-order valence-electron chi connectivity index (χ2n) is 2.22. The Morgan fingerprint density at radius 1 is 1.60 bits per heavy atom. The van der Waals surface area contributed by atoms with Crippen molar-refractivity contribution in [1.82, 2.24) is 4.98 Å². The van der Waals surface area contributed by atoms with Crippen LogP contribution in [0.4, 0.5) is 11.5 Å². The van der Waals surface area contributed by atoms with Gasteiger partial charge in [-0.25, -0.2) is 0 Å². The Morgan fingerprint density at radius 3 is 2.73 bits per heavy atom. The van der Waals surface area contributed by atoms with Crippen molar-refractivity contribution in [2.24, 2.45) is 5.14 Å². The van der Waals surface area contributed by atoms with E-state index >= 15 is 0 Å². The molecule has 1 aromatic heterocycles. The zero-order valence-electron chi connectivity index (χ0n) is 7.97. The van der Waals surface area contributed by atoms with Gasteiger partial charge in [0.1, 0.15) is 5.69 Å². The van der Waals surface area contributed by atoms with Crippen LogP contribution in [0.1, 0.15) is 0 Å². The second kappa shape index (κ2) is 7.52. The summed E-state index contributed by atoms with van der Waals surface area (Å²) in [6.07, 6.45) is 0. The van der Waals surface area contributed by atoms with E-state index in [0.717, 1.165) is 11.9 Å². The van der Waals surface area contributed by atoms with Crippen molar-refractivity contribution in [2.75, 3.05) is 12.0 Å². The third-order valence-electron chi connectivity index (χ3n) is 1.41. The summed E-state index contributed by atoms with van der Waals surface area (Å²) in [7, 11) is 0. The molecule has 0 saturated heterocycles. The van der Waals surface area contributed by atoms with Gasteiger partial charge in [0, 0.05) is 11.9 Å². The molecule has 0 unspecified atom stereocenters. The number of hydrogen-bond acceptors (Lipinski definition) is 7. The summed E-state index contributed by atoms with van der Waals surface area (Å²) in [6, 6.07) is 2.90. The molecule has 0 aliphatic heterocycles. The van der Waals surface area contributed by atoms with Crippen molar-refractivity contribution in [1.29, 1.82) is 0 Å². The van der Waals surface area contributed by atoms with Crippen LogP contribution in [0, 0.1) is 10.1 Å². The van der Waals surface area contributed by atoms with Crippen molar-refractivity contribution in [3.8, 4) is 0 Å². The van der Waals surface area contributed by atoms with E-state index in [1.165, 1.54) is 12.1 Å². The molecular weight excluding hydrogens is 247 g/mol. The molecule has 0 aliphatic carbocycles. The summed E-state index contributed by atoms with van der Waals surface area (Å²) < 4.78 is 0. The van der Waals surface area contributed by atoms with Crippen molar-refractivity contribution in [3.05, 3.63) is 22.2 Å². The largest absolute Gasteiger partial charge is 1.00 e. The van der Waals surface area contributed by atoms with Gasteiger partial charge in [0.25, 0.3) is 0 Å². The Balaban J connectivity index is 0.00000196. The molecule has 7 nitrogen and oxygen atoms in total. The molecule has 1 heterocycles. The molecular formula is C6H7KN4O3S. The van der Waals surface area contributed by atoms with Crippen LogP contribution >= 0.6 is 11.9 Å². The van der Waals surface area contributed by atoms with E-state index < -0.39 is 17.5 Å². The van der Waals surface area contributed by atoms with Crippen molar-refractivity contribution < 1.29 is 61.4 Å². The molecule has 76 valence electrons. The van der Waals surface area contributed by atoms with Gasteiger partial charge in [-0.2, -0.15) is 0 Å². The Morgan fingerprint density at radius 2 is 2.27 bits per heavy atom. The molecule has 0 atom stereocenters.